The van der Waals surface area contributed by atoms with Gasteiger partial charge in [-0.2, -0.15) is 0 Å². The predicted octanol–water partition coefficient (Wildman–Crippen LogP) is 3.24. The molecule has 4 atom stereocenters. The summed E-state index contributed by atoms with van der Waals surface area (Å²) in [6.45, 7) is -0.268. The Morgan fingerprint density at radius 1 is 1.16 bits per heavy atom. The Labute approximate surface area is 184 Å². The Morgan fingerprint density at radius 2 is 1.94 bits per heavy atom. The van der Waals surface area contributed by atoms with Crippen LogP contribution < -0.4 is 4.74 Å². The number of hydrogen-bond donors (Lipinski definition) is 4. The molecule has 3 aromatic rings. The number of hydrogen-bond acceptors (Lipinski definition) is 7. The summed E-state index contributed by atoms with van der Waals surface area (Å²) < 4.78 is 12.7. The summed E-state index contributed by atoms with van der Waals surface area (Å²) >= 11 is 1.76. The van der Waals surface area contributed by atoms with Gasteiger partial charge in [0.25, 0.3) is 0 Å². The van der Waals surface area contributed by atoms with E-state index in [9.17, 15) is 20.4 Å². The first-order valence-corrected chi connectivity index (χ1v) is 11.3. The lowest BCUT2D eigenvalue weighted by Crippen LogP contribution is -2.44. The highest BCUT2D eigenvalue weighted by Gasteiger charge is 2.50. The highest BCUT2D eigenvalue weighted by atomic mass is 32.1. The molecule has 0 spiro atoms. The number of aromatic hydroxyl groups is 1. The summed E-state index contributed by atoms with van der Waals surface area (Å²) in [5, 5.41) is 42.3. The van der Waals surface area contributed by atoms with Crippen LogP contribution in [0.5, 0.6) is 11.5 Å². The number of phenolic OH excluding ortho intramolecular Hbond substituents is 1. The molecule has 0 amide bonds. The third kappa shape index (κ3) is 3.41. The fraction of sp³-hybridized carbons (Fsp3) is 0.417. The van der Waals surface area contributed by atoms with Crippen molar-refractivity contribution in [2.45, 2.75) is 49.1 Å². The number of rotatable bonds is 5. The molecule has 1 aliphatic heterocycles. The van der Waals surface area contributed by atoms with Gasteiger partial charge in [0.05, 0.1) is 25.9 Å². The number of ether oxygens (including phenoxy) is 2. The number of methoxy groups -OCH3 is 1. The molecule has 1 saturated carbocycles. The van der Waals surface area contributed by atoms with E-state index in [0.29, 0.717) is 11.3 Å². The topological polar surface area (TPSA) is 99.4 Å². The van der Waals surface area contributed by atoms with Gasteiger partial charge in [-0.1, -0.05) is 18.2 Å². The monoisotopic (exact) mass is 442 g/mol. The maximum atomic E-state index is 10.7. The second kappa shape index (κ2) is 7.76. The number of thiophene rings is 1. The van der Waals surface area contributed by atoms with Gasteiger partial charge in [-0.05, 0) is 36.4 Å². The minimum Gasteiger partial charge on any atom is -0.507 e. The molecule has 164 valence electrons. The molecule has 7 heteroatoms. The van der Waals surface area contributed by atoms with Crippen LogP contribution in [-0.4, -0.2) is 52.5 Å². The van der Waals surface area contributed by atoms with Crippen molar-refractivity contribution < 1.29 is 29.9 Å². The molecular formula is C24H26O6S. The number of benzene rings is 2. The Morgan fingerprint density at radius 3 is 2.61 bits per heavy atom. The van der Waals surface area contributed by atoms with E-state index < -0.39 is 24.4 Å². The van der Waals surface area contributed by atoms with Crippen LogP contribution in [0.25, 0.3) is 10.1 Å². The van der Waals surface area contributed by atoms with Crippen molar-refractivity contribution in [2.24, 2.45) is 0 Å². The first-order valence-electron chi connectivity index (χ1n) is 10.5. The summed E-state index contributed by atoms with van der Waals surface area (Å²) in [4.78, 5) is 1.24. The lowest BCUT2D eigenvalue weighted by Gasteiger charge is -2.37. The standard InChI is InChI=1S/C24H26O6S/c1-29-19-11-17(26)15(23-22(28)18(27)9-14(12-25)30-23)10-16(19)24(6-7-24)21-8-13-4-2-3-5-20(13)31-21/h2-5,8,10-11,14,18,22-23,25-28H,6-7,9,12H2,1H3/t14-,18-,22+,23-/m0/s1. The first-order chi connectivity index (χ1) is 15.0. The van der Waals surface area contributed by atoms with Gasteiger partial charge in [0, 0.05) is 38.6 Å². The van der Waals surface area contributed by atoms with E-state index in [1.54, 1.807) is 24.5 Å². The Balaban J connectivity index is 1.61. The summed E-state index contributed by atoms with van der Waals surface area (Å²) in [6, 6.07) is 13.9. The third-order valence-electron chi connectivity index (χ3n) is 6.57. The molecule has 0 radical (unpaired) electrons. The number of phenols is 1. The van der Waals surface area contributed by atoms with E-state index in [1.165, 1.54) is 15.0 Å². The van der Waals surface area contributed by atoms with Crippen LogP contribution in [-0.2, 0) is 10.2 Å². The highest BCUT2D eigenvalue weighted by molar-refractivity contribution is 7.19. The van der Waals surface area contributed by atoms with Crippen LogP contribution in [0.4, 0.5) is 0 Å². The molecule has 2 aliphatic rings. The zero-order valence-corrected chi connectivity index (χ0v) is 18.0. The minimum absolute atomic E-state index is 0.0671. The molecule has 31 heavy (non-hydrogen) atoms. The molecule has 1 aliphatic carbocycles. The Hall–Kier alpha value is -2.16. The average molecular weight is 443 g/mol. The zero-order valence-electron chi connectivity index (χ0n) is 17.2. The summed E-state index contributed by atoms with van der Waals surface area (Å²) in [5.74, 6) is 0.517. The Kier molecular flexibility index (Phi) is 5.19. The quantitative estimate of drug-likeness (QED) is 0.484. The number of aliphatic hydroxyl groups is 3. The zero-order chi connectivity index (χ0) is 21.8. The van der Waals surface area contributed by atoms with Gasteiger partial charge in [0.2, 0.25) is 0 Å². The maximum Gasteiger partial charge on any atom is 0.126 e. The van der Waals surface area contributed by atoms with E-state index >= 15 is 0 Å². The van der Waals surface area contributed by atoms with E-state index in [-0.39, 0.29) is 24.2 Å². The fourth-order valence-corrected chi connectivity index (χ4v) is 6.00. The average Bonchev–Trinajstić information content (AvgIpc) is 3.47. The second-order valence-electron chi connectivity index (χ2n) is 8.50. The maximum absolute atomic E-state index is 10.7. The van der Waals surface area contributed by atoms with Gasteiger partial charge in [-0.3, -0.25) is 0 Å². The van der Waals surface area contributed by atoms with Crippen molar-refractivity contribution in [3.8, 4) is 11.5 Å². The number of aliphatic hydroxyl groups excluding tert-OH is 3. The first kappa shape index (κ1) is 20.7. The van der Waals surface area contributed by atoms with Crippen LogP contribution in [0.1, 0.15) is 41.4 Å². The van der Waals surface area contributed by atoms with Crippen LogP contribution >= 0.6 is 11.3 Å². The third-order valence-corrected chi connectivity index (χ3v) is 7.89. The van der Waals surface area contributed by atoms with Gasteiger partial charge in [-0.15, -0.1) is 11.3 Å². The van der Waals surface area contributed by atoms with Crippen molar-refractivity contribution in [2.75, 3.05) is 13.7 Å². The molecule has 1 saturated heterocycles. The molecule has 5 rings (SSSR count). The van der Waals surface area contributed by atoms with Crippen molar-refractivity contribution in [3.63, 3.8) is 0 Å². The van der Waals surface area contributed by atoms with Crippen molar-refractivity contribution in [3.05, 3.63) is 58.5 Å². The lowest BCUT2D eigenvalue weighted by atomic mass is 9.87. The van der Waals surface area contributed by atoms with Crippen LogP contribution in [0.3, 0.4) is 0 Å². The van der Waals surface area contributed by atoms with Gasteiger partial charge < -0.3 is 29.9 Å². The molecule has 2 heterocycles. The smallest absolute Gasteiger partial charge is 0.126 e. The molecule has 2 fully saturated rings. The lowest BCUT2D eigenvalue weighted by molar-refractivity contribution is -0.180. The van der Waals surface area contributed by atoms with Crippen molar-refractivity contribution in [1.29, 1.82) is 0 Å². The van der Waals surface area contributed by atoms with Gasteiger partial charge >= 0.3 is 0 Å². The molecule has 1 aromatic heterocycles. The largest absolute Gasteiger partial charge is 0.507 e. The normalized spacial score (nSPS) is 27.4. The summed E-state index contributed by atoms with van der Waals surface area (Å²) in [7, 11) is 1.58. The van der Waals surface area contributed by atoms with E-state index in [2.05, 4.69) is 18.2 Å². The van der Waals surface area contributed by atoms with E-state index in [1.807, 2.05) is 18.2 Å². The molecular weight excluding hydrogens is 416 g/mol. The van der Waals surface area contributed by atoms with Gasteiger partial charge in [0.15, 0.2) is 0 Å². The molecule has 0 unspecified atom stereocenters. The van der Waals surface area contributed by atoms with Crippen molar-refractivity contribution >= 4 is 21.4 Å². The molecule has 4 N–H and O–H groups in total. The number of fused-ring (bicyclic) bond motifs is 1. The molecule has 2 aromatic carbocycles. The highest BCUT2D eigenvalue weighted by Crippen LogP contribution is 2.59. The predicted molar refractivity (Wildman–Crippen MR) is 118 cm³/mol. The summed E-state index contributed by atoms with van der Waals surface area (Å²) in [6.07, 6.45) is -1.74. The molecule has 0 bridgehead atoms. The minimum atomic E-state index is -1.20. The van der Waals surface area contributed by atoms with Gasteiger partial charge in [-0.25, -0.2) is 0 Å². The summed E-state index contributed by atoms with van der Waals surface area (Å²) in [5.41, 5.74) is 1.12. The second-order valence-corrected chi connectivity index (χ2v) is 9.58. The van der Waals surface area contributed by atoms with Crippen LogP contribution in [0.15, 0.2) is 42.5 Å². The van der Waals surface area contributed by atoms with Crippen molar-refractivity contribution in [1.82, 2.24) is 0 Å². The fourth-order valence-electron chi connectivity index (χ4n) is 4.68. The van der Waals surface area contributed by atoms with E-state index in [0.717, 1.165) is 18.4 Å². The van der Waals surface area contributed by atoms with Crippen LogP contribution in [0, 0.1) is 0 Å². The SMILES string of the molecule is COc1cc(O)c([C@@H]2O[C@H](CO)C[C@H](O)[C@H]2O)cc1C1(c2cc3ccccc3s2)CC1. The van der Waals surface area contributed by atoms with E-state index in [4.69, 9.17) is 9.47 Å². The Bertz CT molecular complexity index is 1070. The molecule has 6 nitrogen and oxygen atoms in total. The van der Waals surface area contributed by atoms with Crippen LogP contribution in [0.2, 0.25) is 0 Å². The van der Waals surface area contributed by atoms with Gasteiger partial charge in [0.1, 0.15) is 23.7 Å².